The van der Waals surface area contributed by atoms with Gasteiger partial charge in [-0.15, -0.1) is 0 Å². The third kappa shape index (κ3) is 4.02. The Morgan fingerprint density at radius 1 is 1.33 bits per heavy atom. The zero-order valence-corrected chi connectivity index (χ0v) is 14.2. The average Bonchev–Trinajstić information content (AvgIpc) is 2.57. The Kier molecular flexibility index (Phi) is 4.95. The summed E-state index contributed by atoms with van der Waals surface area (Å²) in [6.07, 6.45) is 2.19. The molecule has 0 aliphatic carbocycles. The second-order valence-electron chi connectivity index (χ2n) is 5.12. The molecular formula is C16H15BrN4O3. The van der Waals surface area contributed by atoms with Crippen molar-refractivity contribution in [3.63, 3.8) is 0 Å². The van der Waals surface area contributed by atoms with Crippen molar-refractivity contribution < 1.29 is 14.3 Å². The number of pyridine rings is 1. The van der Waals surface area contributed by atoms with Crippen LogP contribution in [-0.2, 0) is 0 Å². The molecule has 124 valence electrons. The van der Waals surface area contributed by atoms with Gasteiger partial charge in [-0.25, -0.2) is 14.8 Å². The second kappa shape index (κ2) is 7.31. The SMILES string of the molecule is O=C(NN1CCCNC1=O)c1ccc(Oc2cccc(Br)c2)nc1. The highest BCUT2D eigenvalue weighted by molar-refractivity contribution is 9.10. The number of hydrazine groups is 1. The van der Waals surface area contributed by atoms with E-state index in [-0.39, 0.29) is 6.03 Å². The van der Waals surface area contributed by atoms with Gasteiger partial charge < -0.3 is 10.1 Å². The highest BCUT2D eigenvalue weighted by atomic mass is 79.9. The lowest BCUT2D eigenvalue weighted by atomic mass is 10.2. The molecule has 2 N–H and O–H groups in total. The summed E-state index contributed by atoms with van der Waals surface area (Å²) in [4.78, 5) is 27.9. The molecule has 2 aromatic rings. The van der Waals surface area contributed by atoms with Gasteiger partial charge in [-0.3, -0.25) is 10.2 Å². The molecule has 1 aromatic heterocycles. The lowest BCUT2D eigenvalue weighted by molar-refractivity contribution is 0.0808. The van der Waals surface area contributed by atoms with Crippen LogP contribution in [0.1, 0.15) is 16.8 Å². The van der Waals surface area contributed by atoms with Gasteiger partial charge in [-0.1, -0.05) is 22.0 Å². The summed E-state index contributed by atoms with van der Waals surface area (Å²) in [5.41, 5.74) is 2.90. The van der Waals surface area contributed by atoms with Crippen LogP contribution in [0.4, 0.5) is 4.79 Å². The molecule has 24 heavy (non-hydrogen) atoms. The van der Waals surface area contributed by atoms with Crippen molar-refractivity contribution in [1.82, 2.24) is 20.7 Å². The zero-order valence-electron chi connectivity index (χ0n) is 12.7. The van der Waals surface area contributed by atoms with E-state index in [2.05, 4.69) is 31.7 Å². The average molecular weight is 391 g/mol. The predicted molar refractivity (Wildman–Crippen MR) is 90.6 cm³/mol. The van der Waals surface area contributed by atoms with Crippen molar-refractivity contribution >= 4 is 27.9 Å². The maximum absolute atomic E-state index is 12.2. The number of benzene rings is 1. The summed E-state index contributed by atoms with van der Waals surface area (Å²) < 4.78 is 6.51. The maximum Gasteiger partial charge on any atom is 0.336 e. The number of aromatic nitrogens is 1. The van der Waals surface area contributed by atoms with Crippen LogP contribution in [0.5, 0.6) is 11.6 Å². The largest absolute Gasteiger partial charge is 0.439 e. The first-order chi connectivity index (χ1) is 11.6. The fourth-order valence-corrected chi connectivity index (χ4v) is 2.53. The minimum atomic E-state index is -0.395. The lowest BCUT2D eigenvalue weighted by Crippen LogP contribution is -2.54. The van der Waals surface area contributed by atoms with Gasteiger partial charge in [0.1, 0.15) is 5.75 Å². The van der Waals surface area contributed by atoms with Gasteiger partial charge in [-0.05, 0) is 30.7 Å². The smallest absolute Gasteiger partial charge is 0.336 e. The minimum Gasteiger partial charge on any atom is -0.439 e. The molecule has 0 spiro atoms. The third-order valence-corrected chi connectivity index (χ3v) is 3.83. The van der Waals surface area contributed by atoms with E-state index in [0.717, 1.165) is 10.9 Å². The van der Waals surface area contributed by atoms with Crippen molar-refractivity contribution in [2.45, 2.75) is 6.42 Å². The molecule has 2 heterocycles. The van der Waals surface area contributed by atoms with Gasteiger partial charge >= 0.3 is 6.03 Å². The molecule has 1 saturated heterocycles. The van der Waals surface area contributed by atoms with Crippen molar-refractivity contribution in [2.24, 2.45) is 0 Å². The number of urea groups is 1. The fourth-order valence-electron chi connectivity index (χ4n) is 2.15. The highest BCUT2D eigenvalue weighted by Crippen LogP contribution is 2.22. The number of amides is 3. The molecule has 0 bridgehead atoms. The Labute approximate surface area is 147 Å². The van der Waals surface area contributed by atoms with Gasteiger partial charge in [0.15, 0.2) is 0 Å². The third-order valence-electron chi connectivity index (χ3n) is 3.33. The number of ether oxygens (including phenoxy) is 1. The summed E-state index contributed by atoms with van der Waals surface area (Å²) in [5, 5.41) is 3.92. The van der Waals surface area contributed by atoms with Crippen molar-refractivity contribution in [2.75, 3.05) is 13.1 Å². The summed E-state index contributed by atoms with van der Waals surface area (Å²) in [6, 6.07) is 10.3. The standard InChI is InChI=1S/C16H15BrN4O3/c17-12-3-1-4-13(9-12)24-14-6-5-11(10-19-14)15(22)20-21-8-2-7-18-16(21)23/h1,3-6,9-10H,2,7-8H2,(H,18,23)(H,20,22). The van der Waals surface area contributed by atoms with Crippen molar-refractivity contribution in [1.29, 1.82) is 0 Å². The lowest BCUT2D eigenvalue weighted by Gasteiger charge is -2.27. The molecular weight excluding hydrogens is 376 g/mol. The first-order valence-electron chi connectivity index (χ1n) is 7.38. The Balaban J connectivity index is 1.63. The first-order valence-corrected chi connectivity index (χ1v) is 8.17. The molecule has 0 saturated carbocycles. The van der Waals surface area contributed by atoms with Gasteiger partial charge in [0.2, 0.25) is 5.88 Å². The summed E-state index contributed by atoms with van der Waals surface area (Å²) >= 11 is 3.37. The molecule has 0 unspecified atom stereocenters. The van der Waals surface area contributed by atoms with E-state index < -0.39 is 5.91 Å². The zero-order chi connectivity index (χ0) is 16.9. The van der Waals surface area contributed by atoms with Crippen molar-refractivity contribution in [3.05, 3.63) is 52.6 Å². The topological polar surface area (TPSA) is 83.6 Å². The van der Waals surface area contributed by atoms with Crippen molar-refractivity contribution in [3.8, 4) is 11.6 Å². The van der Waals surface area contributed by atoms with E-state index >= 15 is 0 Å². The van der Waals surface area contributed by atoms with Crippen LogP contribution < -0.4 is 15.5 Å². The van der Waals surface area contributed by atoms with Gasteiger partial charge in [0.05, 0.1) is 5.56 Å². The molecule has 0 radical (unpaired) electrons. The van der Waals surface area contributed by atoms with E-state index in [1.54, 1.807) is 12.1 Å². The fraction of sp³-hybridized carbons (Fsp3) is 0.188. The maximum atomic E-state index is 12.2. The van der Waals surface area contributed by atoms with E-state index in [1.165, 1.54) is 11.2 Å². The first kappa shape index (κ1) is 16.3. The molecule has 1 aliphatic rings. The van der Waals surface area contributed by atoms with Gasteiger partial charge in [0, 0.05) is 29.8 Å². The summed E-state index contributed by atoms with van der Waals surface area (Å²) in [6.45, 7) is 1.10. The van der Waals surface area contributed by atoms with Crippen LogP contribution in [0.3, 0.4) is 0 Å². The predicted octanol–water partition coefficient (Wildman–Crippen LogP) is 2.70. The summed E-state index contributed by atoms with van der Waals surface area (Å²) in [7, 11) is 0. The molecule has 3 rings (SSSR count). The Bertz CT molecular complexity index is 751. The van der Waals surface area contributed by atoms with Crippen LogP contribution in [-0.4, -0.2) is 35.0 Å². The number of nitrogens with zero attached hydrogens (tertiary/aromatic N) is 2. The van der Waals surface area contributed by atoms with Crippen LogP contribution in [0.15, 0.2) is 47.1 Å². The highest BCUT2D eigenvalue weighted by Gasteiger charge is 2.20. The van der Waals surface area contributed by atoms with E-state index in [1.807, 2.05) is 24.3 Å². The normalized spacial score (nSPS) is 14.0. The van der Waals surface area contributed by atoms with Crippen LogP contribution >= 0.6 is 15.9 Å². The minimum absolute atomic E-state index is 0.308. The number of carbonyl (C=O) groups excluding carboxylic acids is 2. The van der Waals surface area contributed by atoms with Crippen LogP contribution in [0.25, 0.3) is 0 Å². The van der Waals surface area contributed by atoms with E-state index in [9.17, 15) is 9.59 Å². The quantitative estimate of drug-likeness (QED) is 0.840. The number of halogens is 1. The molecule has 7 nitrogen and oxygen atoms in total. The number of carbonyl (C=O) groups is 2. The number of hydrogen-bond acceptors (Lipinski definition) is 4. The molecule has 1 aromatic carbocycles. The Morgan fingerprint density at radius 3 is 2.92 bits per heavy atom. The van der Waals surface area contributed by atoms with Gasteiger partial charge in [-0.2, -0.15) is 0 Å². The molecule has 1 aliphatic heterocycles. The molecule has 1 fully saturated rings. The van der Waals surface area contributed by atoms with E-state index in [0.29, 0.717) is 30.3 Å². The Morgan fingerprint density at radius 2 is 2.21 bits per heavy atom. The second-order valence-corrected chi connectivity index (χ2v) is 6.04. The summed E-state index contributed by atoms with van der Waals surface area (Å²) in [5.74, 6) is 0.619. The van der Waals surface area contributed by atoms with Crippen LogP contribution in [0, 0.1) is 0 Å². The number of hydrogen-bond donors (Lipinski definition) is 2. The van der Waals surface area contributed by atoms with E-state index in [4.69, 9.17) is 4.74 Å². The number of rotatable bonds is 4. The van der Waals surface area contributed by atoms with Crippen LogP contribution in [0.2, 0.25) is 0 Å². The van der Waals surface area contributed by atoms with Gasteiger partial charge in [0.25, 0.3) is 5.91 Å². The molecule has 8 heteroatoms. The number of nitrogens with one attached hydrogen (secondary N) is 2. The Hall–Kier alpha value is -2.61. The molecule has 3 amide bonds. The molecule has 0 atom stereocenters. The monoisotopic (exact) mass is 390 g/mol.